The summed E-state index contributed by atoms with van der Waals surface area (Å²) in [7, 11) is 4.03. The van der Waals surface area contributed by atoms with Crippen LogP contribution in [0, 0.1) is 0 Å². The summed E-state index contributed by atoms with van der Waals surface area (Å²) in [4.78, 5) is 14.7. The molecule has 0 aromatic heterocycles. The Hall–Kier alpha value is -1.87. The van der Waals surface area contributed by atoms with Crippen molar-refractivity contribution < 1.29 is 4.79 Å². The summed E-state index contributed by atoms with van der Waals surface area (Å²) in [5.41, 5.74) is 5.09. The van der Waals surface area contributed by atoms with Gasteiger partial charge in [0.15, 0.2) is 5.78 Å². The van der Waals surface area contributed by atoms with Crippen molar-refractivity contribution in [3.63, 3.8) is 0 Å². The lowest BCUT2D eigenvalue weighted by molar-refractivity contribution is 0.102. The third-order valence-corrected chi connectivity index (χ3v) is 4.65. The van der Waals surface area contributed by atoms with E-state index in [1.807, 2.05) is 44.4 Å². The second-order valence-corrected chi connectivity index (χ2v) is 6.62. The maximum Gasteiger partial charge on any atom is 0.189 e. The molecule has 112 valence electrons. The normalized spacial score (nSPS) is 15.8. The van der Waals surface area contributed by atoms with E-state index in [4.69, 9.17) is 0 Å². The Morgan fingerprint density at radius 1 is 1.09 bits per heavy atom. The summed E-state index contributed by atoms with van der Waals surface area (Å²) in [6.45, 7) is 0. The minimum atomic E-state index is 0.162. The Balaban J connectivity index is 1.94. The van der Waals surface area contributed by atoms with Crippen molar-refractivity contribution in [3.05, 3.63) is 69.2 Å². The van der Waals surface area contributed by atoms with Crippen LogP contribution in [0.4, 0.5) is 5.69 Å². The average molecular weight is 356 g/mol. The van der Waals surface area contributed by atoms with E-state index in [9.17, 15) is 4.79 Å². The van der Waals surface area contributed by atoms with E-state index in [-0.39, 0.29) is 5.78 Å². The summed E-state index contributed by atoms with van der Waals surface area (Å²) in [6.07, 6.45) is 3.76. The molecule has 0 aliphatic heterocycles. The molecule has 0 N–H and O–H groups in total. The van der Waals surface area contributed by atoms with Crippen LogP contribution in [0.5, 0.6) is 0 Å². The van der Waals surface area contributed by atoms with Crippen LogP contribution in [-0.4, -0.2) is 19.9 Å². The van der Waals surface area contributed by atoms with Gasteiger partial charge in [-0.2, -0.15) is 0 Å². The van der Waals surface area contributed by atoms with Gasteiger partial charge in [-0.05, 0) is 58.1 Å². The molecule has 0 saturated carbocycles. The number of fused-ring (bicyclic) bond motifs is 1. The first-order chi connectivity index (χ1) is 10.6. The van der Waals surface area contributed by atoms with Crippen LogP contribution in [0.2, 0.25) is 0 Å². The summed E-state index contributed by atoms with van der Waals surface area (Å²) >= 11 is 3.60. The Morgan fingerprint density at radius 2 is 1.86 bits per heavy atom. The van der Waals surface area contributed by atoms with E-state index in [1.54, 1.807) is 0 Å². The molecule has 0 heterocycles. The van der Waals surface area contributed by atoms with Gasteiger partial charge in [-0.25, -0.2) is 0 Å². The van der Waals surface area contributed by atoms with Crippen LogP contribution in [-0.2, 0) is 6.42 Å². The summed E-state index contributed by atoms with van der Waals surface area (Å²) in [6, 6.07) is 14.1. The highest BCUT2D eigenvalue weighted by Gasteiger charge is 2.21. The maximum atomic E-state index is 12.6. The number of allylic oxidation sites excluding steroid dienone is 1. The van der Waals surface area contributed by atoms with Crippen molar-refractivity contribution in [2.24, 2.45) is 0 Å². The van der Waals surface area contributed by atoms with Crippen molar-refractivity contribution in [2.75, 3.05) is 19.0 Å². The van der Waals surface area contributed by atoms with Crippen LogP contribution in [0.15, 0.2) is 52.5 Å². The minimum Gasteiger partial charge on any atom is -0.377 e. The molecule has 0 fully saturated rings. The molecule has 1 aliphatic rings. The fourth-order valence-corrected chi connectivity index (χ4v) is 3.58. The largest absolute Gasteiger partial charge is 0.377 e. The number of nitrogens with zero attached hydrogens (tertiary/aromatic N) is 1. The van der Waals surface area contributed by atoms with Gasteiger partial charge in [0.05, 0.1) is 5.69 Å². The number of Topliss-reactive ketones (excluding diaryl/α,β-unsaturated/α-hetero) is 1. The van der Waals surface area contributed by atoms with E-state index >= 15 is 0 Å². The zero-order chi connectivity index (χ0) is 15.7. The predicted octanol–water partition coefficient (Wildman–Crippen LogP) is 4.73. The lowest BCUT2D eigenvalue weighted by atomic mass is 9.86. The van der Waals surface area contributed by atoms with Crippen LogP contribution >= 0.6 is 15.9 Å². The zero-order valence-electron chi connectivity index (χ0n) is 12.8. The van der Waals surface area contributed by atoms with E-state index in [1.165, 1.54) is 0 Å². The topological polar surface area (TPSA) is 20.3 Å². The molecule has 0 atom stereocenters. The van der Waals surface area contributed by atoms with Gasteiger partial charge in [0.1, 0.15) is 0 Å². The summed E-state index contributed by atoms with van der Waals surface area (Å²) in [5, 5.41) is 0. The second kappa shape index (κ2) is 6.09. The first-order valence-electron chi connectivity index (χ1n) is 7.36. The van der Waals surface area contributed by atoms with Gasteiger partial charge < -0.3 is 4.90 Å². The predicted molar refractivity (Wildman–Crippen MR) is 95.5 cm³/mol. The number of carbonyl (C=O) groups is 1. The van der Waals surface area contributed by atoms with Gasteiger partial charge in [-0.3, -0.25) is 4.79 Å². The highest BCUT2D eigenvalue weighted by Crippen LogP contribution is 2.29. The van der Waals surface area contributed by atoms with E-state index in [0.717, 1.165) is 45.3 Å². The fraction of sp³-hybridized carbons (Fsp3) is 0.211. The molecule has 3 rings (SSSR count). The van der Waals surface area contributed by atoms with Crippen LogP contribution in [0.3, 0.4) is 0 Å². The smallest absolute Gasteiger partial charge is 0.189 e. The number of hydrogen-bond acceptors (Lipinski definition) is 2. The Bertz CT molecular complexity index is 762. The number of rotatable bonds is 2. The van der Waals surface area contributed by atoms with Crippen molar-refractivity contribution >= 4 is 33.5 Å². The Morgan fingerprint density at radius 3 is 2.59 bits per heavy atom. The van der Waals surface area contributed by atoms with Crippen molar-refractivity contribution in [1.82, 2.24) is 0 Å². The number of halogens is 1. The van der Waals surface area contributed by atoms with Crippen molar-refractivity contribution in [1.29, 1.82) is 0 Å². The van der Waals surface area contributed by atoms with E-state index in [2.05, 4.69) is 39.0 Å². The van der Waals surface area contributed by atoms with Gasteiger partial charge in [0, 0.05) is 29.7 Å². The number of aryl methyl sites for hydroxylation is 1. The van der Waals surface area contributed by atoms with Crippen LogP contribution in [0.1, 0.15) is 27.9 Å². The van der Waals surface area contributed by atoms with Gasteiger partial charge >= 0.3 is 0 Å². The van der Waals surface area contributed by atoms with Gasteiger partial charge in [-0.15, -0.1) is 0 Å². The number of anilines is 1. The molecule has 0 unspecified atom stereocenters. The van der Waals surface area contributed by atoms with Crippen molar-refractivity contribution in [2.45, 2.75) is 12.8 Å². The molecule has 0 amide bonds. The molecule has 0 spiro atoms. The monoisotopic (exact) mass is 355 g/mol. The van der Waals surface area contributed by atoms with Gasteiger partial charge in [0.25, 0.3) is 0 Å². The highest BCUT2D eigenvalue weighted by atomic mass is 79.9. The fourth-order valence-electron chi connectivity index (χ4n) is 2.83. The third kappa shape index (κ3) is 2.86. The Labute approximate surface area is 139 Å². The third-order valence-electron chi connectivity index (χ3n) is 4.01. The SMILES string of the molecule is CN(C)c1ccc(/C=C2\CCc3ccccc3C2=O)cc1Br. The molecule has 2 nitrogen and oxygen atoms in total. The van der Waals surface area contributed by atoms with Crippen molar-refractivity contribution in [3.8, 4) is 0 Å². The molecule has 22 heavy (non-hydrogen) atoms. The van der Waals surface area contributed by atoms with Crippen LogP contribution < -0.4 is 4.90 Å². The Kier molecular flexibility index (Phi) is 4.16. The first kappa shape index (κ1) is 15.0. The second-order valence-electron chi connectivity index (χ2n) is 5.76. The molecule has 0 saturated heterocycles. The van der Waals surface area contributed by atoms with E-state index < -0.39 is 0 Å². The first-order valence-corrected chi connectivity index (χ1v) is 8.15. The molecule has 2 aromatic rings. The molecule has 1 aliphatic carbocycles. The number of hydrogen-bond donors (Lipinski definition) is 0. The average Bonchev–Trinajstić information content (AvgIpc) is 2.50. The standard InChI is InChI=1S/C19H18BrNO/c1-21(2)18-10-7-13(12-17(18)20)11-15-9-8-14-5-3-4-6-16(14)19(15)22/h3-7,10-12H,8-9H2,1-2H3/b15-11+. The number of ketones is 1. The quantitative estimate of drug-likeness (QED) is 0.726. The van der Waals surface area contributed by atoms with E-state index in [0.29, 0.717) is 0 Å². The summed E-state index contributed by atoms with van der Waals surface area (Å²) < 4.78 is 1.04. The lowest BCUT2D eigenvalue weighted by Gasteiger charge is -2.18. The molecule has 3 heteroatoms. The van der Waals surface area contributed by atoms with Gasteiger partial charge in [0.2, 0.25) is 0 Å². The van der Waals surface area contributed by atoms with Gasteiger partial charge in [-0.1, -0.05) is 30.3 Å². The molecular weight excluding hydrogens is 338 g/mol. The minimum absolute atomic E-state index is 0.162. The molecular formula is C19H18BrNO. The molecule has 0 bridgehead atoms. The molecule has 2 aromatic carbocycles. The molecule has 0 radical (unpaired) electrons. The highest BCUT2D eigenvalue weighted by molar-refractivity contribution is 9.10. The lowest BCUT2D eigenvalue weighted by Crippen LogP contribution is -2.13. The summed E-state index contributed by atoms with van der Waals surface area (Å²) in [5.74, 6) is 0.162. The maximum absolute atomic E-state index is 12.6. The number of carbonyl (C=O) groups excluding carboxylic acids is 1. The number of benzene rings is 2. The van der Waals surface area contributed by atoms with Crippen LogP contribution in [0.25, 0.3) is 6.08 Å². The zero-order valence-corrected chi connectivity index (χ0v) is 14.4.